The minimum atomic E-state index is -4.11. The van der Waals surface area contributed by atoms with Crippen LogP contribution >= 0.6 is 0 Å². The topological polar surface area (TPSA) is 99.2 Å². The zero-order valence-corrected chi connectivity index (χ0v) is 16.6. The first-order valence-corrected chi connectivity index (χ1v) is 9.78. The normalized spacial score (nSPS) is 10.8. The standard InChI is InChI=1S/C19H21NO7S/c1-4-27-19(22)14-6-5-7-15(12-14)20(13-18(21)26-3)28(23,24)17-10-8-16(25-2)9-11-17/h5-12H,4,13H2,1-3H3. The van der Waals surface area contributed by atoms with Crippen LogP contribution in [0.3, 0.4) is 0 Å². The van der Waals surface area contributed by atoms with E-state index in [4.69, 9.17) is 9.47 Å². The molecule has 0 aliphatic rings. The van der Waals surface area contributed by atoms with Crippen molar-refractivity contribution in [3.8, 4) is 5.75 Å². The lowest BCUT2D eigenvalue weighted by atomic mass is 10.2. The molecule has 0 unspecified atom stereocenters. The van der Waals surface area contributed by atoms with Gasteiger partial charge in [-0.1, -0.05) is 6.07 Å². The Morgan fingerprint density at radius 2 is 1.71 bits per heavy atom. The van der Waals surface area contributed by atoms with Crippen LogP contribution in [-0.4, -0.2) is 47.7 Å². The van der Waals surface area contributed by atoms with Gasteiger partial charge in [0.2, 0.25) is 0 Å². The summed E-state index contributed by atoms with van der Waals surface area (Å²) in [5, 5.41) is 0. The van der Waals surface area contributed by atoms with Gasteiger partial charge < -0.3 is 14.2 Å². The molecule has 0 saturated heterocycles. The van der Waals surface area contributed by atoms with Gasteiger partial charge >= 0.3 is 11.9 Å². The van der Waals surface area contributed by atoms with Crippen molar-refractivity contribution in [3.63, 3.8) is 0 Å². The highest BCUT2D eigenvalue weighted by atomic mass is 32.2. The third-order valence-corrected chi connectivity index (χ3v) is 5.58. The van der Waals surface area contributed by atoms with Crippen LogP contribution in [0.5, 0.6) is 5.75 Å². The number of nitrogens with zero attached hydrogens (tertiary/aromatic N) is 1. The maximum Gasteiger partial charge on any atom is 0.338 e. The molecule has 0 atom stereocenters. The number of hydrogen-bond acceptors (Lipinski definition) is 7. The lowest BCUT2D eigenvalue weighted by Crippen LogP contribution is -2.36. The van der Waals surface area contributed by atoms with Gasteiger partial charge in [-0.05, 0) is 49.4 Å². The van der Waals surface area contributed by atoms with Crippen molar-refractivity contribution in [1.29, 1.82) is 0 Å². The van der Waals surface area contributed by atoms with E-state index in [1.807, 2.05) is 0 Å². The molecule has 0 aromatic heterocycles. The average molecular weight is 407 g/mol. The summed E-state index contributed by atoms with van der Waals surface area (Å²) in [5.74, 6) is -0.856. The Hall–Kier alpha value is -3.07. The summed E-state index contributed by atoms with van der Waals surface area (Å²) in [6, 6.07) is 11.6. The summed E-state index contributed by atoms with van der Waals surface area (Å²) < 4.78 is 41.8. The molecule has 2 aromatic carbocycles. The minimum absolute atomic E-state index is 0.0428. The highest BCUT2D eigenvalue weighted by Crippen LogP contribution is 2.26. The molecule has 0 radical (unpaired) electrons. The first-order chi connectivity index (χ1) is 13.3. The first-order valence-electron chi connectivity index (χ1n) is 8.34. The first kappa shape index (κ1) is 21.2. The Morgan fingerprint density at radius 3 is 2.29 bits per heavy atom. The van der Waals surface area contributed by atoms with Crippen molar-refractivity contribution in [3.05, 3.63) is 54.1 Å². The van der Waals surface area contributed by atoms with E-state index in [0.717, 1.165) is 11.4 Å². The molecule has 0 heterocycles. The molecule has 0 saturated carbocycles. The van der Waals surface area contributed by atoms with Gasteiger partial charge in [0.25, 0.3) is 10.0 Å². The lowest BCUT2D eigenvalue weighted by Gasteiger charge is -2.24. The van der Waals surface area contributed by atoms with E-state index in [1.165, 1.54) is 55.6 Å². The zero-order valence-electron chi connectivity index (χ0n) is 15.7. The molecule has 0 spiro atoms. The van der Waals surface area contributed by atoms with Crippen molar-refractivity contribution >= 4 is 27.6 Å². The number of ether oxygens (including phenoxy) is 3. The molecule has 2 aromatic rings. The van der Waals surface area contributed by atoms with Gasteiger partial charge in [-0.2, -0.15) is 0 Å². The number of carbonyl (C=O) groups excluding carboxylic acids is 2. The minimum Gasteiger partial charge on any atom is -0.497 e. The van der Waals surface area contributed by atoms with Gasteiger partial charge in [0.15, 0.2) is 0 Å². The third kappa shape index (κ3) is 4.80. The van der Waals surface area contributed by atoms with Crippen LogP contribution in [0, 0.1) is 0 Å². The molecule has 0 N–H and O–H groups in total. The van der Waals surface area contributed by atoms with E-state index in [-0.39, 0.29) is 22.8 Å². The fraction of sp³-hybridized carbons (Fsp3) is 0.263. The van der Waals surface area contributed by atoms with Gasteiger partial charge in [-0.3, -0.25) is 9.10 Å². The molecule has 150 valence electrons. The summed E-state index contributed by atoms with van der Waals surface area (Å²) in [7, 11) is -1.49. The van der Waals surface area contributed by atoms with Crippen molar-refractivity contribution < 1.29 is 32.2 Å². The fourth-order valence-electron chi connectivity index (χ4n) is 2.37. The molecule has 0 aliphatic carbocycles. The van der Waals surface area contributed by atoms with Gasteiger partial charge in [0.05, 0.1) is 37.0 Å². The summed E-state index contributed by atoms with van der Waals surface area (Å²) in [4.78, 5) is 23.8. The van der Waals surface area contributed by atoms with E-state index in [2.05, 4.69) is 4.74 Å². The van der Waals surface area contributed by atoms with Gasteiger partial charge in [-0.25, -0.2) is 13.2 Å². The largest absolute Gasteiger partial charge is 0.497 e. The molecule has 0 amide bonds. The van der Waals surface area contributed by atoms with Gasteiger partial charge in [0.1, 0.15) is 12.3 Å². The molecule has 9 heteroatoms. The summed E-state index contributed by atoms with van der Waals surface area (Å²) >= 11 is 0. The van der Waals surface area contributed by atoms with E-state index in [1.54, 1.807) is 6.92 Å². The van der Waals surface area contributed by atoms with Crippen molar-refractivity contribution in [2.75, 3.05) is 31.7 Å². The number of benzene rings is 2. The van der Waals surface area contributed by atoms with Crippen LogP contribution in [0.1, 0.15) is 17.3 Å². The SMILES string of the molecule is CCOC(=O)c1cccc(N(CC(=O)OC)S(=O)(=O)c2ccc(OC)cc2)c1. The Balaban J connectivity index is 2.51. The molecular weight excluding hydrogens is 386 g/mol. The van der Waals surface area contributed by atoms with Crippen LogP contribution in [0.4, 0.5) is 5.69 Å². The average Bonchev–Trinajstić information content (AvgIpc) is 2.71. The van der Waals surface area contributed by atoms with E-state index in [0.29, 0.717) is 5.75 Å². The second kappa shape index (κ2) is 9.23. The summed E-state index contributed by atoms with van der Waals surface area (Å²) in [5.41, 5.74) is 0.297. The van der Waals surface area contributed by atoms with E-state index < -0.39 is 28.5 Å². The Morgan fingerprint density at radius 1 is 1.04 bits per heavy atom. The maximum atomic E-state index is 13.2. The molecule has 2 rings (SSSR count). The van der Waals surface area contributed by atoms with Crippen LogP contribution in [-0.2, 0) is 24.3 Å². The van der Waals surface area contributed by atoms with Crippen LogP contribution in [0.25, 0.3) is 0 Å². The quantitative estimate of drug-likeness (QED) is 0.619. The number of rotatable bonds is 8. The Kier molecular flexibility index (Phi) is 7.00. The number of carbonyl (C=O) groups is 2. The lowest BCUT2D eigenvalue weighted by molar-refractivity contribution is -0.138. The number of sulfonamides is 1. The summed E-state index contributed by atoms with van der Waals surface area (Å²) in [6.07, 6.45) is 0. The molecule has 0 fully saturated rings. The van der Waals surface area contributed by atoms with E-state index >= 15 is 0 Å². The predicted octanol–water partition coefficient (Wildman–Crippen LogP) is 2.24. The number of esters is 2. The van der Waals surface area contributed by atoms with Gasteiger partial charge in [-0.15, -0.1) is 0 Å². The van der Waals surface area contributed by atoms with Crippen molar-refractivity contribution in [2.24, 2.45) is 0 Å². The Bertz CT molecular complexity index is 939. The molecule has 8 nitrogen and oxygen atoms in total. The molecule has 0 aliphatic heterocycles. The third-order valence-electron chi connectivity index (χ3n) is 3.79. The van der Waals surface area contributed by atoms with E-state index in [9.17, 15) is 18.0 Å². The number of anilines is 1. The molecule has 28 heavy (non-hydrogen) atoms. The maximum absolute atomic E-state index is 13.2. The number of hydrogen-bond donors (Lipinski definition) is 0. The fourth-order valence-corrected chi connectivity index (χ4v) is 3.78. The van der Waals surface area contributed by atoms with Crippen LogP contribution < -0.4 is 9.04 Å². The monoisotopic (exact) mass is 407 g/mol. The van der Waals surface area contributed by atoms with Crippen molar-refractivity contribution in [2.45, 2.75) is 11.8 Å². The second-order valence-corrected chi connectivity index (χ2v) is 7.40. The molecule has 0 bridgehead atoms. The summed E-state index contributed by atoms with van der Waals surface area (Å²) in [6.45, 7) is 1.29. The van der Waals surface area contributed by atoms with Crippen LogP contribution in [0.2, 0.25) is 0 Å². The Labute approximate surface area is 163 Å². The smallest absolute Gasteiger partial charge is 0.338 e. The van der Waals surface area contributed by atoms with Crippen LogP contribution in [0.15, 0.2) is 53.4 Å². The second-order valence-electron chi connectivity index (χ2n) is 5.53. The van der Waals surface area contributed by atoms with Gasteiger partial charge in [0, 0.05) is 0 Å². The number of methoxy groups -OCH3 is 2. The zero-order chi connectivity index (χ0) is 20.7. The molecular formula is C19H21NO7S. The van der Waals surface area contributed by atoms with Crippen molar-refractivity contribution in [1.82, 2.24) is 0 Å². The highest BCUT2D eigenvalue weighted by molar-refractivity contribution is 7.92. The highest BCUT2D eigenvalue weighted by Gasteiger charge is 2.28. The predicted molar refractivity (Wildman–Crippen MR) is 102 cm³/mol.